The highest BCUT2D eigenvalue weighted by molar-refractivity contribution is 5.85. The zero-order valence-corrected chi connectivity index (χ0v) is 17.2. The van der Waals surface area contributed by atoms with Crippen molar-refractivity contribution in [2.75, 3.05) is 6.54 Å². The van der Waals surface area contributed by atoms with Gasteiger partial charge in [0, 0.05) is 11.9 Å². The van der Waals surface area contributed by atoms with Crippen LogP contribution in [-0.4, -0.2) is 28.4 Å². The van der Waals surface area contributed by atoms with E-state index in [2.05, 4.69) is 28.6 Å². The van der Waals surface area contributed by atoms with Gasteiger partial charge in [0.25, 0.3) is 5.91 Å². The summed E-state index contributed by atoms with van der Waals surface area (Å²) in [6.07, 6.45) is 1.86. The van der Waals surface area contributed by atoms with Gasteiger partial charge in [0.15, 0.2) is 6.17 Å². The first-order chi connectivity index (χ1) is 15.0. The highest BCUT2D eigenvalue weighted by Crippen LogP contribution is 2.27. The summed E-state index contributed by atoms with van der Waals surface area (Å²) in [4.78, 5) is 11.3. The summed E-state index contributed by atoms with van der Waals surface area (Å²) in [5.74, 6) is -0.843. The third-order valence-electron chi connectivity index (χ3n) is 5.20. The summed E-state index contributed by atoms with van der Waals surface area (Å²) in [6, 6.07) is 20.7. The molecular formula is C25H23F2N3O. The molecular weight excluding hydrogens is 396 g/mol. The Bertz CT molecular complexity index is 1200. The van der Waals surface area contributed by atoms with Crippen molar-refractivity contribution >= 4 is 16.8 Å². The molecule has 0 fully saturated rings. The molecule has 1 atom stereocenters. The third-order valence-corrected chi connectivity index (χ3v) is 5.20. The molecule has 1 aromatic heterocycles. The Balaban J connectivity index is 1.49. The predicted octanol–water partition coefficient (Wildman–Crippen LogP) is 5.24. The molecule has 6 heteroatoms. The standard InChI is InChI=1S/C25H23F2N3O/c1-17(26)25(31)28-13-3-5-18-4-2-6-19(14-18)20-7-12-24-21(15-20)16-29-30(24)23-10-8-22(27)9-11-23/h2,4,6-12,14-17H,3,5,13H2,1H3,(H,28,31). The Labute approximate surface area is 179 Å². The molecule has 0 radical (unpaired) electrons. The van der Waals surface area contributed by atoms with Gasteiger partial charge < -0.3 is 5.32 Å². The number of carbonyl (C=O) groups is 1. The Morgan fingerprint density at radius 1 is 1.06 bits per heavy atom. The van der Waals surface area contributed by atoms with Crippen molar-refractivity contribution in [3.63, 3.8) is 0 Å². The van der Waals surface area contributed by atoms with Crippen molar-refractivity contribution in [1.29, 1.82) is 0 Å². The number of carbonyl (C=O) groups excluding carboxylic acids is 1. The van der Waals surface area contributed by atoms with Gasteiger partial charge in [-0.25, -0.2) is 13.5 Å². The topological polar surface area (TPSA) is 46.9 Å². The van der Waals surface area contributed by atoms with Crippen molar-refractivity contribution in [2.24, 2.45) is 0 Å². The maximum absolute atomic E-state index is 13.2. The first-order valence-electron chi connectivity index (χ1n) is 10.3. The molecule has 1 unspecified atom stereocenters. The smallest absolute Gasteiger partial charge is 0.254 e. The van der Waals surface area contributed by atoms with E-state index in [9.17, 15) is 13.6 Å². The van der Waals surface area contributed by atoms with E-state index < -0.39 is 12.1 Å². The molecule has 0 saturated heterocycles. The highest BCUT2D eigenvalue weighted by Gasteiger charge is 2.10. The van der Waals surface area contributed by atoms with Gasteiger partial charge in [0.05, 0.1) is 17.4 Å². The lowest BCUT2D eigenvalue weighted by atomic mass is 10.00. The molecule has 4 rings (SSSR count). The second-order valence-electron chi connectivity index (χ2n) is 7.52. The predicted molar refractivity (Wildman–Crippen MR) is 118 cm³/mol. The van der Waals surface area contributed by atoms with Crippen LogP contribution in [0.1, 0.15) is 18.9 Å². The van der Waals surface area contributed by atoms with Crippen LogP contribution in [-0.2, 0) is 11.2 Å². The fraction of sp³-hybridized carbons (Fsp3) is 0.200. The zero-order valence-electron chi connectivity index (χ0n) is 17.2. The maximum Gasteiger partial charge on any atom is 0.254 e. The summed E-state index contributed by atoms with van der Waals surface area (Å²) >= 11 is 0. The normalized spacial score (nSPS) is 12.1. The molecule has 1 amide bonds. The van der Waals surface area contributed by atoms with Crippen LogP contribution in [0.25, 0.3) is 27.7 Å². The summed E-state index contributed by atoms with van der Waals surface area (Å²) in [5.41, 5.74) is 5.08. The third kappa shape index (κ3) is 4.79. The van der Waals surface area contributed by atoms with Crippen LogP contribution in [0.3, 0.4) is 0 Å². The molecule has 158 valence electrons. The van der Waals surface area contributed by atoms with Gasteiger partial charge in [-0.3, -0.25) is 4.79 Å². The van der Waals surface area contributed by atoms with Crippen LogP contribution >= 0.6 is 0 Å². The number of rotatable bonds is 7. The lowest BCUT2D eigenvalue weighted by Gasteiger charge is -2.08. The molecule has 0 spiro atoms. The number of alkyl halides is 1. The molecule has 31 heavy (non-hydrogen) atoms. The monoisotopic (exact) mass is 419 g/mol. The van der Waals surface area contributed by atoms with E-state index in [0.29, 0.717) is 6.54 Å². The number of nitrogens with one attached hydrogen (secondary N) is 1. The summed E-state index contributed by atoms with van der Waals surface area (Å²) in [7, 11) is 0. The second-order valence-corrected chi connectivity index (χ2v) is 7.52. The number of nitrogens with zero attached hydrogens (tertiary/aromatic N) is 2. The summed E-state index contributed by atoms with van der Waals surface area (Å²) < 4.78 is 27.9. The minimum absolute atomic E-state index is 0.276. The number of hydrogen-bond donors (Lipinski definition) is 1. The quantitative estimate of drug-likeness (QED) is 0.417. The average molecular weight is 419 g/mol. The number of aryl methyl sites for hydroxylation is 1. The number of hydrogen-bond acceptors (Lipinski definition) is 2. The van der Waals surface area contributed by atoms with Gasteiger partial charge in [0.2, 0.25) is 0 Å². The maximum atomic E-state index is 13.2. The first-order valence-corrected chi connectivity index (χ1v) is 10.3. The molecule has 0 aliphatic heterocycles. The van der Waals surface area contributed by atoms with E-state index in [0.717, 1.165) is 46.1 Å². The van der Waals surface area contributed by atoms with Crippen LogP contribution in [0.4, 0.5) is 8.78 Å². The second kappa shape index (κ2) is 9.08. The van der Waals surface area contributed by atoms with Gasteiger partial charge in [-0.2, -0.15) is 5.10 Å². The number of amides is 1. The molecule has 4 nitrogen and oxygen atoms in total. The van der Waals surface area contributed by atoms with E-state index in [1.54, 1.807) is 23.0 Å². The number of fused-ring (bicyclic) bond motifs is 1. The van der Waals surface area contributed by atoms with Crippen LogP contribution in [0.2, 0.25) is 0 Å². The molecule has 3 aromatic carbocycles. The summed E-state index contributed by atoms with van der Waals surface area (Å²) in [5, 5.41) is 8.05. The molecule has 0 aliphatic carbocycles. The molecule has 4 aromatic rings. The van der Waals surface area contributed by atoms with Gasteiger partial charge >= 0.3 is 0 Å². The van der Waals surface area contributed by atoms with E-state index >= 15 is 0 Å². The van der Waals surface area contributed by atoms with Gasteiger partial charge in [0.1, 0.15) is 5.82 Å². The molecule has 1 N–H and O–H groups in total. The minimum atomic E-state index is -1.48. The largest absolute Gasteiger partial charge is 0.354 e. The Hall–Kier alpha value is -3.54. The van der Waals surface area contributed by atoms with Crippen LogP contribution < -0.4 is 5.32 Å². The minimum Gasteiger partial charge on any atom is -0.354 e. The van der Waals surface area contributed by atoms with Crippen LogP contribution in [0.15, 0.2) is 72.9 Å². The van der Waals surface area contributed by atoms with Crippen molar-refractivity contribution < 1.29 is 13.6 Å². The number of benzene rings is 3. The number of aromatic nitrogens is 2. The van der Waals surface area contributed by atoms with Crippen LogP contribution in [0.5, 0.6) is 0 Å². The first kappa shape index (κ1) is 20.7. The van der Waals surface area contributed by atoms with E-state index in [1.165, 1.54) is 19.1 Å². The van der Waals surface area contributed by atoms with E-state index in [4.69, 9.17) is 0 Å². The van der Waals surface area contributed by atoms with E-state index in [1.807, 2.05) is 24.3 Å². The SMILES string of the molecule is CC(F)C(=O)NCCCc1cccc(-c2ccc3c(cnn3-c3ccc(F)cc3)c2)c1. The molecule has 0 aliphatic rings. The van der Waals surface area contributed by atoms with Gasteiger partial charge in [-0.1, -0.05) is 30.3 Å². The molecule has 0 saturated carbocycles. The lowest BCUT2D eigenvalue weighted by Crippen LogP contribution is -2.31. The van der Waals surface area contributed by atoms with Crippen molar-refractivity contribution in [3.8, 4) is 16.8 Å². The Kier molecular flexibility index (Phi) is 6.07. The molecule has 1 heterocycles. The number of halogens is 2. The lowest BCUT2D eigenvalue weighted by molar-refractivity contribution is -0.125. The average Bonchev–Trinajstić information content (AvgIpc) is 3.20. The van der Waals surface area contributed by atoms with E-state index in [-0.39, 0.29) is 5.82 Å². The van der Waals surface area contributed by atoms with Crippen LogP contribution in [0, 0.1) is 5.82 Å². The van der Waals surface area contributed by atoms with Gasteiger partial charge in [-0.05, 0) is 72.9 Å². The van der Waals surface area contributed by atoms with Crippen molar-refractivity contribution in [2.45, 2.75) is 25.9 Å². The fourth-order valence-electron chi connectivity index (χ4n) is 3.55. The van der Waals surface area contributed by atoms with Crippen molar-refractivity contribution in [1.82, 2.24) is 15.1 Å². The Morgan fingerprint density at radius 3 is 2.61 bits per heavy atom. The fourth-order valence-corrected chi connectivity index (χ4v) is 3.55. The summed E-state index contributed by atoms with van der Waals surface area (Å²) in [6.45, 7) is 1.69. The van der Waals surface area contributed by atoms with Crippen molar-refractivity contribution in [3.05, 3.63) is 84.3 Å². The zero-order chi connectivity index (χ0) is 21.8. The highest BCUT2D eigenvalue weighted by atomic mass is 19.1. The van der Waals surface area contributed by atoms with Gasteiger partial charge in [-0.15, -0.1) is 0 Å². The Morgan fingerprint density at radius 2 is 1.84 bits per heavy atom. The molecule has 0 bridgehead atoms.